The molecule has 1 atom stereocenters. The molecule has 3 aromatic rings. The quantitative estimate of drug-likeness (QED) is 0.617. The summed E-state index contributed by atoms with van der Waals surface area (Å²) in [4.78, 5) is 46.5. The fraction of sp³-hybridized carbons (Fsp3) is 0.182. The van der Waals surface area contributed by atoms with Gasteiger partial charge in [0.25, 0.3) is 11.8 Å². The smallest absolute Gasteiger partial charge is 0.260 e. The molecule has 6 nitrogen and oxygen atoms in total. The first-order valence-electron chi connectivity index (χ1n) is 9.05. The number of rotatable bonds is 1. The molecule has 2 aromatic carbocycles. The van der Waals surface area contributed by atoms with E-state index in [1.165, 1.54) is 11.9 Å². The number of anilines is 1. The minimum Gasteiger partial charge on any atom is -0.286 e. The third kappa shape index (κ3) is 1.92. The number of carbonyl (C=O) groups is 3. The summed E-state index contributed by atoms with van der Waals surface area (Å²) in [6, 6.07) is 14.7. The largest absolute Gasteiger partial charge is 0.286 e. The van der Waals surface area contributed by atoms with Crippen molar-refractivity contribution in [3.8, 4) is 0 Å². The van der Waals surface area contributed by atoms with Gasteiger partial charge in [0, 0.05) is 29.8 Å². The predicted molar refractivity (Wildman–Crippen MR) is 104 cm³/mol. The number of amides is 3. The molecule has 1 fully saturated rings. The Morgan fingerprint density at radius 2 is 1.82 bits per heavy atom. The average molecular weight is 371 g/mol. The summed E-state index contributed by atoms with van der Waals surface area (Å²) in [5, 5.41) is 0.861. The first-order valence-corrected chi connectivity index (χ1v) is 9.05. The number of nitrogens with zero attached hydrogens (tertiary/aromatic N) is 3. The lowest BCUT2D eigenvalue weighted by molar-refractivity contribution is -0.138. The number of hydrogen-bond acceptors (Lipinski definition) is 4. The van der Waals surface area contributed by atoms with Crippen LogP contribution in [0.15, 0.2) is 54.7 Å². The van der Waals surface area contributed by atoms with Crippen LogP contribution >= 0.6 is 0 Å². The van der Waals surface area contributed by atoms with Gasteiger partial charge in [0.05, 0.1) is 17.6 Å². The van der Waals surface area contributed by atoms with E-state index in [9.17, 15) is 14.4 Å². The Hall–Kier alpha value is -3.54. The van der Waals surface area contributed by atoms with E-state index in [2.05, 4.69) is 4.98 Å². The Morgan fingerprint density at radius 3 is 2.57 bits per heavy atom. The topological polar surface area (TPSA) is 70.6 Å². The summed E-state index contributed by atoms with van der Waals surface area (Å²) >= 11 is 0. The van der Waals surface area contributed by atoms with Gasteiger partial charge in [0.15, 0.2) is 5.54 Å². The zero-order valence-electron chi connectivity index (χ0n) is 15.5. The van der Waals surface area contributed by atoms with E-state index in [-0.39, 0.29) is 24.1 Å². The molecule has 0 saturated carbocycles. The van der Waals surface area contributed by atoms with Crippen LogP contribution in [-0.4, -0.2) is 34.7 Å². The van der Waals surface area contributed by atoms with Crippen LogP contribution in [0.2, 0.25) is 0 Å². The van der Waals surface area contributed by atoms with Crippen molar-refractivity contribution in [2.75, 3.05) is 11.9 Å². The fourth-order valence-electron chi connectivity index (χ4n) is 4.37. The molecule has 0 N–H and O–H groups in total. The summed E-state index contributed by atoms with van der Waals surface area (Å²) in [5.74, 6) is -0.974. The number of fused-ring (bicyclic) bond motifs is 3. The molecule has 138 valence electrons. The van der Waals surface area contributed by atoms with Crippen LogP contribution in [0.4, 0.5) is 5.69 Å². The molecule has 1 spiro atoms. The van der Waals surface area contributed by atoms with Gasteiger partial charge in [-0.05, 0) is 25.1 Å². The summed E-state index contributed by atoms with van der Waals surface area (Å²) in [5.41, 5.74) is 1.77. The second-order valence-corrected chi connectivity index (χ2v) is 7.34. The van der Waals surface area contributed by atoms with Gasteiger partial charge < -0.3 is 0 Å². The summed E-state index contributed by atoms with van der Waals surface area (Å²) in [7, 11) is 1.47. The van der Waals surface area contributed by atoms with Crippen LogP contribution in [0.5, 0.6) is 0 Å². The highest BCUT2D eigenvalue weighted by Crippen LogP contribution is 2.50. The maximum Gasteiger partial charge on any atom is 0.260 e. The Morgan fingerprint density at radius 1 is 1.04 bits per heavy atom. The maximum absolute atomic E-state index is 13.5. The second kappa shape index (κ2) is 5.48. The minimum atomic E-state index is -1.37. The molecule has 1 unspecified atom stereocenters. The normalized spacial score (nSPS) is 21.3. The highest BCUT2D eigenvalue weighted by atomic mass is 16.2. The third-order valence-electron chi connectivity index (χ3n) is 5.73. The van der Waals surface area contributed by atoms with E-state index in [0.29, 0.717) is 22.3 Å². The summed E-state index contributed by atoms with van der Waals surface area (Å²) in [6.45, 7) is 1.91. The Labute approximate surface area is 161 Å². The number of imide groups is 1. The third-order valence-corrected chi connectivity index (χ3v) is 5.73. The monoisotopic (exact) mass is 371 g/mol. The molecule has 0 bridgehead atoms. The van der Waals surface area contributed by atoms with Gasteiger partial charge in [-0.15, -0.1) is 0 Å². The van der Waals surface area contributed by atoms with Crippen molar-refractivity contribution >= 4 is 34.3 Å². The molecule has 5 rings (SSSR count). The Kier molecular flexibility index (Phi) is 3.25. The van der Waals surface area contributed by atoms with Gasteiger partial charge in [0.1, 0.15) is 0 Å². The second-order valence-electron chi connectivity index (χ2n) is 7.34. The molecule has 3 amide bonds. The van der Waals surface area contributed by atoms with Crippen molar-refractivity contribution in [1.29, 1.82) is 0 Å². The maximum atomic E-state index is 13.5. The molecule has 6 heteroatoms. The SMILES string of the molecule is Cc1ccc2c(c1)C1(CC(=O)N(C)C1=O)N(c1cccc3cccnc13)C2=O. The Balaban J connectivity index is 1.86. The number of aromatic nitrogens is 1. The van der Waals surface area contributed by atoms with E-state index >= 15 is 0 Å². The van der Waals surface area contributed by atoms with Crippen molar-refractivity contribution in [1.82, 2.24) is 9.88 Å². The zero-order valence-corrected chi connectivity index (χ0v) is 15.5. The highest BCUT2D eigenvalue weighted by molar-refractivity contribution is 6.24. The molecule has 0 radical (unpaired) electrons. The highest BCUT2D eigenvalue weighted by Gasteiger charge is 2.62. The first kappa shape index (κ1) is 16.6. The molecule has 1 aromatic heterocycles. The average Bonchev–Trinajstić information content (AvgIpc) is 3.07. The fourth-order valence-corrected chi connectivity index (χ4v) is 4.37. The molecule has 28 heavy (non-hydrogen) atoms. The minimum absolute atomic E-state index is 0.0756. The van der Waals surface area contributed by atoms with Gasteiger partial charge in [-0.25, -0.2) is 0 Å². The van der Waals surface area contributed by atoms with Crippen LogP contribution < -0.4 is 4.90 Å². The van der Waals surface area contributed by atoms with Crippen LogP contribution in [0.3, 0.4) is 0 Å². The lowest BCUT2D eigenvalue weighted by Gasteiger charge is -2.33. The van der Waals surface area contributed by atoms with Gasteiger partial charge in [-0.2, -0.15) is 0 Å². The lowest BCUT2D eigenvalue weighted by Crippen LogP contribution is -2.49. The molecule has 2 aliphatic heterocycles. The van der Waals surface area contributed by atoms with Crippen molar-refractivity contribution in [3.05, 3.63) is 71.4 Å². The first-order chi connectivity index (χ1) is 13.4. The lowest BCUT2D eigenvalue weighted by atomic mass is 9.86. The van der Waals surface area contributed by atoms with Gasteiger partial charge in [-0.1, -0.05) is 35.9 Å². The van der Waals surface area contributed by atoms with Gasteiger partial charge in [0.2, 0.25) is 5.91 Å². The molecule has 0 aliphatic carbocycles. The molecule has 1 saturated heterocycles. The number of benzene rings is 2. The van der Waals surface area contributed by atoms with Gasteiger partial charge in [-0.3, -0.25) is 29.2 Å². The van der Waals surface area contributed by atoms with E-state index in [0.717, 1.165) is 15.8 Å². The van der Waals surface area contributed by atoms with Crippen molar-refractivity contribution in [2.24, 2.45) is 0 Å². The van der Waals surface area contributed by atoms with E-state index in [1.54, 1.807) is 18.3 Å². The van der Waals surface area contributed by atoms with E-state index in [1.807, 2.05) is 43.3 Å². The molecular formula is C22H17N3O3. The number of para-hydroxylation sites is 1. The number of likely N-dealkylation sites (tertiary alicyclic amines) is 1. The van der Waals surface area contributed by atoms with Gasteiger partial charge >= 0.3 is 0 Å². The van der Waals surface area contributed by atoms with Crippen LogP contribution in [0, 0.1) is 6.92 Å². The summed E-state index contributed by atoms with van der Waals surface area (Å²) < 4.78 is 0. The molecular weight excluding hydrogens is 354 g/mol. The predicted octanol–water partition coefficient (Wildman–Crippen LogP) is 2.79. The number of hydrogen-bond donors (Lipinski definition) is 0. The number of aryl methyl sites for hydroxylation is 1. The number of pyridine rings is 1. The van der Waals surface area contributed by atoms with Crippen molar-refractivity contribution < 1.29 is 14.4 Å². The van der Waals surface area contributed by atoms with Crippen LogP contribution in [0.1, 0.15) is 27.9 Å². The standard InChI is InChI=1S/C22H17N3O3/c1-13-8-9-15-16(11-13)22(12-18(26)24(2)21(22)28)25(20(15)27)17-7-3-5-14-6-4-10-23-19(14)17/h3-11H,12H2,1-2H3. The van der Waals surface area contributed by atoms with Crippen molar-refractivity contribution in [3.63, 3.8) is 0 Å². The summed E-state index contributed by atoms with van der Waals surface area (Å²) in [6.07, 6.45) is 1.58. The molecule has 3 heterocycles. The zero-order chi connectivity index (χ0) is 19.6. The van der Waals surface area contributed by atoms with E-state index in [4.69, 9.17) is 0 Å². The number of carbonyl (C=O) groups excluding carboxylic acids is 3. The van der Waals surface area contributed by atoms with E-state index < -0.39 is 5.54 Å². The Bertz CT molecular complexity index is 1200. The van der Waals surface area contributed by atoms with Crippen molar-refractivity contribution in [2.45, 2.75) is 18.9 Å². The van der Waals surface area contributed by atoms with Crippen LogP contribution in [0.25, 0.3) is 10.9 Å². The van der Waals surface area contributed by atoms with Crippen LogP contribution in [-0.2, 0) is 15.1 Å². The number of likely N-dealkylation sites (N-methyl/N-ethyl adjacent to an activating group) is 1. The molecule has 2 aliphatic rings.